The first-order valence-corrected chi connectivity index (χ1v) is 6.62. The van der Waals surface area contributed by atoms with Gasteiger partial charge in [-0.25, -0.2) is 0 Å². The third-order valence-electron chi connectivity index (χ3n) is 3.59. The van der Waals surface area contributed by atoms with Crippen LogP contribution < -0.4 is 5.32 Å². The number of hydrogen-bond acceptors (Lipinski definition) is 2. The summed E-state index contributed by atoms with van der Waals surface area (Å²) in [5, 5.41) is 7.15. The van der Waals surface area contributed by atoms with Gasteiger partial charge in [-0.05, 0) is 24.8 Å². The molecule has 1 fully saturated rings. The molecule has 0 radical (unpaired) electrons. The number of amides is 1. The van der Waals surface area contributed by atoms with Crippen molar-refractivity contribution in [3.8, 4) is 0 Å². The quantitative estimate of drug-likeness (QED) is 0.832. The first-order chi connectivity index (χ1) is 8.65. The fraction of sp³-hybridized carbons (Fsp3) is 0.571. The number of carbonyl (C=O) groups excluding carboxylic acids is 1. The summed E-state index contributed by atoms with van der Waals surface area (Å²) in [5.74, 6) is 0.590. The van der Waals surface area contributed by atoms with Crippen molar-refractivity contribution < 1.29 is 4.79 Å². The first-order valence-electron chi connectivity index (χ1n) is 6.62. The average molecular weight is 247 g/mol. The minimum atomic E-state index is -0.00222. The smallest absolute Gasteiger partial charge is 0.244 e. The van der Waals surface area contributed by atoms with Crippen LogP contribution in [-0.4, -0.2) is 21.7 Å². The number of rotatable bonds is 3. The summed E-state index contributed by atoms with van der Waals surface area (Å²) in [6, 6.07) is 0.338. The molecule has 0 unspecified atom stereocenters. The normalized spacial score (nSPS) is 24.3. The Hall–Kier alpha value is -1.58. The lowest BCUT2D eigenvalue weighted by molar-refractivity contribution is -0.117. The van der Waals surface area contributed by atoms with Gasteiger partial charge in [0.1, 0.15) is 0 Å². The van der Waals surface area contributed by atoms with Crippen molar-refractivity contribution in [1.29, 1.82) is 0 Å². The molecule has 2 atom stereocenters. The SMILES string of the molecule is C[C@H]1CCCC[C@H]1NC(=O)/C=C/c1cnn(C)c1. The van der Waals surface area contributed by atoms with Crippen LogP contribution in [0.1, 0.15) is 38.2 Å². The topological polar surface area (TPSA) is 46.9 Å². The summed E-state index contributed by atoms with van der Waals surface area (Å²) in [6.07, 6.45) is 11.9. The zero-order valence-electron chi connectivity index (χ0n) is 11.1. The van der Waals surface area contributed by atoms with Gasteiger partial charge in [0.25, 0.3) is 0 Å². The van der Waals surface area contributed by atoms with Crippen LogP contribution in [-0.2, 0) is 11.8 Å². The molecule has 1 amide bonds. The van der Waals surface area contributed by atoms with E-state index in [-0.39, 0.29) is 5.91 Å². The standard InChI is InChI=1S/C14H21N3O/c1-11-5-3-4-6-13(11)16-14(18)8-7-12-9-15-17(2)10-12/h7-11,13H,3-6H2,1-2H3,(H,16,18)/b8-7+/t11-,13+/m0/s1. The molecule has 4 nitrogen and oxygen atoms in total. The van der Waals surface area contributed by atoms with Crippen molar-refractivity contribution in [3.63, 3.8) is 0 Å². The Morgan fingerprint density at radius 3 is 2.94 bits per heavy atom. The summed E-state index contributed by atoms with van der Waals surface area (Å²) in [7, 11) is 1.86. The van der Waals surface area contributed by atoms with Crippen molar-refractivity contribution in [3.05, 3.63) is 24.0 Å². The molecule has 98 valence electrons. The second-order valence-corrected chi connectivity index (χ2v) is 5.16. The lowest BCUT2D eigenvalue weighted by Gasteiger charge is -2.29. The maximum Gasteiger partial charge on any atom is 0.244 e. The number of carbonyl (C=O) groups is 1. The van der Waals surface area contributed by atoms with E-state index < -0.39 is 0 Å². The molecular formula is C14H21N3O. The minimum absolute atomic E-state index is 0.00222. The van der Waals surface area contributed by atoms with Gasteiger partial charge >= 0.3 is 0 Å². The third kappa shape index (κ3) is 3.45. The predicted molar refractivity (Wildman–Crippen MR) is 71.8 cm³/mol. The summed E-state index contributed by atoms with van der Waals surface area (Å²) in [6.45, 7) is 2.22. The van der Waals surface area contributed by atoms with E-state index in [0.29, 0.717) is 12.0 Å². The summed E-state index contributed by atoms with van der Waals surface area (Å²) in [5.41, 5.74) is 0.948. The van der Waals surface area contributed by atoms with Crippen LogP contribution in [0.3, 0.4) is 0 Å². The molecule has 18 heavy (non-hydrogen) atoms. The fourth-order valence-corrected chi connectivity index (χ4v) is 2.46. The van der Waals surface area contributed by atoms with Crippen LogP contribution in [0, 0.1) is 5.92 Å². The highest BCUT2D eigenvalue weighted by molar-refractivity contribution is 5.91. The van der Waals surface area contributed by atoms with Crippen molar-refractivity contribution in [2.75, 3.05) is 0 Å². The monoisotopic (exact) mass is 247 g/mol. The van der Waals surface area contributed by atoms with E-state index in [4.69, 9.17) is 0 Å². The lowest BCUT2D eigenvalue weighted by atomic mass is 9.86. The van der Waals surface area contributed by atoms with E-state index >= 15 is 0 Å². The summed E-state index contributed by atoms with van der Waals surface area (Å²) < 4.78 is 1.72. The molecule has 1 N–H and O–H groups in total. The van der Waals surface area contributed by atoms with Gasteiger partial charge in [0.15, 0.2) is 0 Å². The van der Waals surface area contributed by atoms with E-state index in [2.05, 4.69) is 17.3 Å². The zero-order valence-corrected chi connectivity index (χ0v) is 11.1. The Morgan fingerprint density at radius 1 is 1.50 bits per heavy atom. The van der Waals surface area contributed by atoms with Gasteiger partial charge in [0.2, 0.25) is 5.91 Å². The van der Waals surface area contributed by atoms with E-state index in [1.54, 1.807) is 23.0 Å². The molecule has 0 bridgehead atoms. The van der Waals surface area contributed by atoms with Gasteiger partial charge in [-0.1, -0.05) is 19.8 Å². The molecule has 1 aliphatic carbocycles. The van der Waals surface area contributed by atoms with E-state index in [0.717, 1.165) is 12.0 Å². The fourth-order valence-electron chi connectivity index (χ4n) is 2.46. The van der Waals surface area contributed by atoms with E-state index in [1.807, 2.05) is 13.2 Å². The predicted octanol–water partition coefficient (Wildman–Crippen LogP) is 2.13. The Kier molecular flexibility index (Phi) is 4.18. The molecule has 4 heteroatoms. The maximum absolute atomic E-state index is 11.8. The number of hydrogen-bond donors (Lipinski definition) is 1. The van der Waals surface area contributed by atoms with Gasteiger partial charge in [-0.15, -0.1) is 0 Å². The van der Waals surface area contributed by atoms with E-state index in [1.165, 1.54) is 19.3 Å². The molecule has 1 saturated carbocycles. The molecular weight excluding hydrogens is 226 g/mol. The average Bonchev–Trinajstić information content (AvgIpc) is 2.76. The highest BCUT2D eigenvalue weighted by Crippen LogP contribution is 2.23. The zero-order chi connectivity index (χ0) is 13.0. The second kappa shape index (κ2) is 5.85. The van der Waals surface area contributed by atoms with Crippen LogP contribution in [0.4, 0.5) is 0 Å². The largest absolute Gasteiger partial charge is 0.350 e. The van der Waals surface area contributed by atoms with Gasteiger partial charge in [0, 0.05) is 30.9 Å². The Bertz CT molecular complexity index is 436. The molecule has 0 saturated heterocycles. The van der Waals surface area contributed by atoms with Crippen molar-refractivity contribution in [2.45, 2.75) is 38.6 Å². The Morgan fingerprint density at radius 2 is 2.28 bits per heavy atom. The summed E-state index contributed by atoms with van der Waals surface area (Å²) >= 11 is 0. The van der Waals surface area contributed by atoms with Crippen LogP contribution in [0.15, 0.2) is 18.5 Å². The molecule has 1 aromatic rings. The second-order valence-electron chi connectivity index (χ2n) is 5.16. The molecule has 0 aromatic carbocycles. The van der Waals surface area contributed by atoms with Crippen molar-refractivity contribution in [1.82, 2.24) is 15.1 Å². The highest BCUT2D eigenvalue weighted by Gasteiger charge is 2.21. The van der Waals surface area contributed by atoms with E-state index in [9.17, 15) is 4.79 Å². The Labute approximate surface area is 108 Å². The van der Waals surface area contributed by atoms with Gasteiger partial charge in [-0.2, -0.15) is 5.10 Å². The molecule has 0 aliphatic heterocycles. The Balaban J connectivity index is 1.86. The first kappa shape index (κ1) is 12.9. The van der Waals surface area contributed by atoms with Crippen LogP contribution in [0.5, 0.6) is 0 Å². The molecule has 1 heterocycles. The molecule has 1 aromatic heterocycles. The number of aromatic nitrogens is 2. The van der Waals surface area contributed by atoms with Gasteiger partial charge < -0.3 is 5.32 Å². The van der Waals surface area contributed by atoms with Crippen molar-refractivity contribution in [2.24, 2.45) is 13.0 Å². The highest BCUT2D eigenvalue weighted by atomic mass is 16.1. The van der Waals surface area contributed by atoms with Crippen LogP contribution in [0.2, 0.25) is 0 Å². The molecule has 2 rings (SSSR count). The van der Waals surface area contributed by atoms with Gasteiger partial charge in [-0.3, -0.25) is 9.48 Å². The van der Waals surface area contributed by atoms with Crippen molar-refractivity contribution >= 4 is 12.0 Å². The van der Waals surface area contributed by atoms with Crippen LogP contribution in [0.25, 0.3) is 6.08 Å². The molecule has 1 aliphatic rings. The van der Waals surface area contributed by atoms with Crippen LogP contribution >= 0.6 is 0 Å². The lowest BCUT2D eigenvalue weighted by Crippen LogP contribution is -2.40. The molecule has 0 spiro atoms. The maximum atomic E-state index is 11.8. The number of nitrogens with zero attached hydrogens (tertiary/aromatic N) is 2. The number of aryl methyl sites for hydroxylation is 1. The summed E-state index contributed by atoms with van der Waals surface area (Å²) in [4.78, 5) is 11.8. The number of nitrogens with one attached hydrogen (secondary N) is 1. The third-order valence-corrected chi connectivity index (χ3v) is 3.59. The van der Waals surface area contributed by atoms with Gasteiger partial charge in [0.05, 0.1) is 6.20 Å². The minimum Gasteiger partial charge on any atom is -0.350 e.